The van der Waals surface area contributed by atoms with E-state index in [1.807, 2.05) is 25.2 Å². The summed E-state index contributed by atoms with van der Waals surface area (Å²) in [6.45, 7) is 0.862. The maximum absolute atomic E-state index is 4.22. The number of hydrogen-bond acceptors (Lipinski definition) is 3. The van der Waals surface area contributed by atoms with Gasteiger partial charge in [0.2, 0.25) is 0 Å². The van der Waals surface area contributed by atoms with Crippen LogP contribution in [0.2, 0.25) is 0 Å². The van der Waals surface area contributed by atoms with Crippen LogP contribution >= 0.6 is 0 Å². The Hall–Kier alpha value is -1.74. The van der Waals surface area contributed by atoms with E-state index in [1.54, 1.807) is 12.4 Å². The zero-order valence-electron chi connectivity index (χ0n) is 8.64. The third-order valence-electron chi connectivity index (χ3n) is 2.13. The predicted octanol–water partition coefficient (Wildman–Crippen LogP) is 1.86. The van der Waals surface area contributed by atoms with E-state index in [2.05, 4.69) is 27.4 Å². The van der Waals surface area contributed by atoms with E-state index >= 15 is 0 Å². The van der Waals surface area contributed by atoms with Crippen molar-refractivity contribution in [3.05, 3.63) is 48.3 Å². The van der Waals surface area contributed by atoms with E-state index in [0.29, 0.717) is 0 Å². The number of hydrogen-bond donors (Lipinski definition) is 1. The second-order valence-corrected chi connectivity index (χ2v) is 3.30. The minimum absolute atomic E-state index is 0.774. The van der Waals surface area contributed by atoms with Crippen molar-refractivity contribution in [2.75, 3.05) is 7.05 Å². The fraction of sp³-hybridized carbons (Fsp3) is 0.167. The number of benzene rings is 1. The Balaban J connectivity index is 2.33. The van der Waals surface area contributed by atoms with Crippen LogP contribution < -0.4 is 5.32 Å². The molecule has 0 aliphatic rings. The molecule has 1 N–H and O–H groups in total. The Morgan fingerprint density at radius 2 is 1.93 bits per heavy atom. The fourth-order valence-electron chi connectivity index (χ4n) is 1.47. The third-order valence-corrected chi connectivity index (χ3v) is 2.13. The van der Waals surface area contributed by atoms with Crippen molar-refractivity contribution in [3.63, 3.8) is 0 Å². The van der Waals surface area contributed by atoms with Crippen LogP contribution in [0.15, 0.2) is 42.7 Å². The molecule has 0 bridgehead atoms. The molecule has 2 rings (SSSR count). The van der Waals surface area contributed by atoms with Gasteiger partial charge in [-0.2, -0.15) is 0 Å². The average molecular weight is 199 g/mol. The summed E-state index contributed by atoms with van der Waals surface area (Å²) < 4.78 is 0. The summed E-state index contributed by atoms with van der Waals surface area (Å²) in [4.78, 5) is 8.44. The quantitative estimate of drug-likeness (QED) is 0.820. The van der Waals surface area contributed by atoms with Crippen molar-refractivity contribution in [1.29, 1.82) is 0 Å². The molecular formula is C12H13N3. The van der Waals surface area contributed by atoms with E-state index in [9.17, 15) is 0 Å². The van der Waals surface area contributed by atoms with E-state index in [0.717, 1.165) is 17.9 Å². The minimum Gasteiger partial charge on any atom is -0.316 e. The topological polar surface area (TPSA) is 37.8 Å². The van der Waals surface area contributed by atoms with Gasteiger partial charge in [0.1, 0.15) is 0 Å². The maximum atomic E-state index is 4.22. The predicted molar refractivity (Wildman–Crippen MR) is 60.2 cm³/mol. The van der Waals surface area contributed by atoms with Crippen LogP contribution in [0.4, 0.5) is 0 Å². The van der Waals surface area contributed by atoms with E-state index in [4.69, 9.17) is 0 Å². The molecule has 2 aromatic rings. The highest BCUT2D eigenvalue weighted by Crippen LogP contribution is 2.15. The van der Waals surface area contributed by atoms with Crippen LogP contribution in [0, 0.1) is 0 Å². The lowest BCUT2D eigenvalue weighted by Crippen LogP contribution is -2.04. The molecule has 15 heavy (non-hydrogen) atoms. The smallest absolute Gasteiger partial charge is 0.159 e. The molecule has 0 unspecified atom stereocenters. The van der Waals surface area contributed by atoms with Crippen molar-refractivity contribution in [2.24, 2.45) is 0 Å². The number of rotatable bonds is 3. The molecule has 0 aliphatic heterocycles. The van der Waals surface area contributed by atoms with Crippen LogP contribution in [0.25, 0.3) is 11.4 Å². The Bertz CT molecular complexity index is 426. The molecule has 0 saturated heterocycles. The van der Waals surface area contributed by atoms with Gasteiger partial charge in [0.15, 0.2) is 5.82 Å². The molecule has 0 amide bonds. The van der Waals surface area contributed by atoms with Crippen LogP contribution in [0.1, 0.15) is 5.56 Å². The largest absolute Gasteiger partial charge is 0.316 e. The van der Waals surface area contributed by atoms with E-state index < -0.39 is 0 Å². The number of nitrogens with zero attached hydrogens (tertiary/aromatic N) is 2. The van der Waals surface area contributed by atoms with Crippen molar-refractivity contribution in [2.45, 2.75) is 6.54 Å². The Labute approximate surface area is 89.2 Å². The van der Waals surface area contributed by atoms with E-state index in [1.165, 1.54) is 5.56 Å². The van der Waals surface area contributed by atoms with Gasteiger partial charge in [-0.25, -0.2) is 9.97 Å². The lowest BCUT2D eigenvalue weighted by molar-refractivity contribution is 0.818. The Morgan fingerprint density at radius 3 is 2.67 bits per heavy atom. The highest BCUT2D eigenvalue weighted by molar-refractivity contribution is 5.55. The second-order valence-electron chi connectivity index (χ2n) is 3.30. The monoisotopic (exact) mass is 199 g/mol. The molecule has 3 nitrogen and oxygen atoms in total. The first-order chi connectivity index (χ1) is 7.40. The van der Waals surface area contributed by atoms with Crippen LogP contribution in [-0.4, -0.2) is 17.0 Å². The zero-order valence-corrected chi connectivity index (χ0v) is 8.64. The molecule has 3 heteroatoms. The highest BCUT2D eigenvalue weighted by Gasteiger charge is 2.00. The highest BCUT2D eigenvalue weighted by atomic mass is 14.9. The van der Waals surface area contributed by atoms with Gasteiger partial charge in [-0.15, -0.1) is 0 Å². The van der Waals surface area contributed by atoms with Crippen molar-refractivity contribution >= 4 is 0 Å². The Morgan fingerprint density at radius 1 is 1.13 bits per heavy atom. The van der Waals surface area contributed by atoms with Gasteiger partial charge >= 0.3 is 0 Å². The molecule has 0 atom stereocenters. The maximum Gasteiger partial charge on any atom is 0.159 e. The third kappa shape index (κ3) is 2.39. The molecular weight excluding hydrogens is 186 g/mol. The van der Waals surface area contributed by atoms with Gasteiger partial charge in [0, 0.05) is 24.5 Å². The molecule has 0 aliphatic carbocycles. The fourth-order valence-corrected chi connectivity index (χ4v) is 1.47. The van der Waals surface area contributed by atoms with Gasteiger partial charge in [-0.1, -0.05) is 18.2 Å². The first-order valence-electron chi connectivity index (χ1n) is 4.91. The van der Waals surface area contributed by atoms with Gasteiger partial charge in [0.05, 0.1) is 0 Å². The van der Waals surface area contributed by atoms with Gasteiger partial charge in [-0.05, 0) is 24.7 Å². The normalized spacial score (nSPS) is 10.2. The lowest BCUT2D eigenvalue weighted by Gasteiger charge is -2.03. The Kier molecular flexibility index (Phi) is 3.05. The number of nitrogens with one attached hydrogen (secondary N) is 1. The summed E-state index contributed by atoms with van der Waals surface area (Å²) in [7, 11) is 1.94. The minimum atomic E-state index is 0.774. The van der Waals surface area contributed by atoms with Crippen molar-refractivity contribution < 1.29 is 0 Å². The standard InChI is InChI=1S/C12H13N3/c1-13-9-10-4-2-5-11(8-10)12-14-6-3-7-15-12/h2-8,13H,9H2,1H3. The summed E-state index contributed by atoms with van der Waals surface area (Å²) >= 11 is 0. The second kappa shape index (κ2) is 4.66. The summed E-state index contributed by atoms with van der Waals surface area (Å²) in [5.74, 6) is 0.774. The van der Waals surface area contributed by atoms with Gasteiger partial charge < -0.3 is 5.32 Å². The molecule has 1 heterocycles. The summed E-state index contributed by atoms with van der Waals surface area (Å²) in [6, 6.07) is 10.1. The lowest BCUT2D eigenvalue weighted by atomic mass is 10.1. The van der Waals surface area contributed by atoms with Crippen LogP contribution in [-0.2, 0) is 6.54 Å². The molecule has 0 radical (unpaired) electrons. The molecule has 1 aromatic carbocycles. The van der Waals surface area contributed by atoms with Gasteiger partial charge in [-0.3, -0.25) is 0 Å². The van der Waals surface area contributed by atoms with Gasteiger partial charge in [0.25, 0.3) is 0 Å². The summed E-state index contributed by atoms with van der Waals surface area (Å²) in [5.41, 5.74) is 2.30. The summed E-state index contributed by atoms with van der Waals surface area (Å²) in [6.07, 6.45) is 3.51. The van der Waals surface area contributed by atoms with Crippen molar-refractivity contribution in [3.8, 4) is 11.4 Å². The van der Waals surface area contributed by atoms with E-state index in [-0.39, 0.29) is 0 Å². The first-order valence-corrected chi connectivity index (χ1v) is 4.91. The first kappa shape index (κ1) is 9.80. The molecule has 0 saturated carbocycles. The molecule has 0 fully saturated rings. The van der Waals surface area contributed by atoms with Crippen LogP contribution in [0.5, 0.6) is 0 Å². The number of aromatic nitrogens is 2. The molecule has 0 spiro atoms. The summed E-state index contributed by atoms with van der Waals surface area (Å²) in [5, 5.41) is 3.12. The van der Waals surface area contributed by atoms with Crippen molar-refractivity contribution in [1.82, 2.24) is 15.3 Å². The average Bonchev–Trinajstić information content (AvgIpc) is 2.31. The molecule has 76 valence electrons. The van der Waals surface area contributed by atoms with Crippen LogP contribution in [0.3, 0.4) is 0 Å². The molecule has 1 aromatic heterocycles. The zero-order chi connectivity index (χ0) is 10.5. The SMILES string of the molecule is CNCc1cccc(-c2ncccn2)c1.